The van der Waals surface area contributed by atoms with E-state index in [0.29, 0.717) is 26.2 Å². The lowest BCUT2D eigenvalue weighted by Gasteiger charge is -2.35. The van der Waals surface area contributed by atoms with Crippen molar-refractivity contribution >= 4 is 12.4 Å². The third-order valence-electron chi connectivity index (χ3n) is 3.69. The van der Waals surface area contributed by atoms with E-state index in [9.17, 15) is 18.3 Å². The molecule has 1 fully saturated rings. The van der Waals surface area contributed by atoms with Gasteiger partial charge >= 0.3 is 6.18 Å². The number of nitrogens with one attached hydrogen (secondary N) is 1. The maximum Gasteiger partial charge on any atom is 0.416 e. The van der Waals surface area contributed by atoms with Crippen LogP contribution in [0.2, 0.25) is 0 Å². The summed E-state index contributed by atoms with van der Waals surface area (Å²) in [6.07, 6.45) is -4.48. The van der Waals surface area contributed by atoms with Crippen molar-refractivity contribution in [3.8, 4) is 5.75 Å². The molecule has 2 N–H and O–H groups in total. The van der Waals surface area contributed by atoms with Crippen LogP contribution in [-0.4, -0.2) is 49.9 Å². The minimum atomic E-state index is -4.48. The topological polar surface area (TPSA) is 44.7 Å². The summed E-state index contributed by atoms with van der Waals surface area (Å²) in [6.45, 7) is 2.26. The first-order valence-electron chi connectivity index (χ1n) is 6.78. The van der Waals surface area contributed by atoms with Crippen LogP contribution in [0.1, 0.15) is 17.2 Å². The molecule has 126 valence electrons. The van der Waals surface area contributed by atoms with Crippen LogP contribution in [0.25, 0.3) is 0 Å². The van der Waals surface area contributed by atoms with E-state index in [1.54, 1.807) is 0 Å². The van der Waals surface area contributed by atoms with Gasteiger partial charge in [0.2, 0.25) is 0 Å². The van der Waals surface area contributed by atoms with E-state index in [-0.39, 0.29) is 30.3 Å². The third-order valence-corrected chi connectivity index (χ3v) is 3.69. The number of methoxy groups -OCH3 is 1. The normalized spacial score (nSPS) is 17.7. The number of alkyl halides is 3. The Hall–Kier alpha value is -1.02. The largest absolute Gasteiger partial charge is 0.497 e. The van der Waals surface area contributed by atoms with Crippen LogP contribution in [0.3, 0.4) is 0 Å². The smallest absolute Gasteiger partial charge is 0.416 e. The number of piperazine rings is 1. The van der Waals surface area contributed by atoms with Crippen molar-refractivity contribution < 1.29 is 23.0 Å². The first-order valence-corrected chi connectivity index (χ1v) is 6.78. The highest BCUT2D eigenvalue weighted by molar-refractivity contribution is 5.85. The standard InChI is InChI=1S/C14H19F3N2O2.ClH/c1-21-10-2-3-11(12(8-10)14(15,16)17)13(9-20)19-6-4-18-5-7-19;/h2-3,8,13,18,20H,4-7,9H2,1H3;1H/t13-;/m1./s1. The second-order valence-corrected chi connectivity index (χ2v) is 4.94. The van der Waals surface area contributed by atoms with Gasteiger partial charge in [0.25, 0.3) is 0 Å². The van der Waals surface area contributed by atoms with Crippen LogP contribution in [-0.2, 0) is 6.18 Å². The van der Waals surface area contributed by atoms with Gasteiger partial charge in [0.05, 0.1) is 25.3 Å². The number of halogens is 4. The summed E-state index contributed by atoms with van der Waals surface area (Å²) in [6, 6.07) is 3.22. The molecule has 2 rings (SSSR count). The Morgan fingerprint density at radius 1 is 1.32 bits per heavy atom. The van der Waals surface area contributed by atoms with Gasteiger partial charge in [-0.2, -0.15) is 13.2 Å². The van der Waals surface area contributed by atoms with Crippen LogP contribution in [0.15, 0.2) is 18.2 Å². The highest BCUT2D eigenvalue weighted by Gasteiger charge is 2.37. The van der Waals surface area contributed by atoms with E-state index in [1.807, 2.05) is 4.90 Å². The van der Waals surface area contributed by atoms with Crippen LogP contribution in [0, 0.1) is 0 Å². The number of aliphatic hydroxyl groups is 1. The molecule has 0 unspecified atom stereocenters. The molecule has 1 aliphatic rings. The van der Waals surface area contributed by atoms with Crippen molar-refractivity contribution in [2.24, 2.45) is 0 Å². The Morgan fingerprint density at radius 3 is 2.45 bits per heavy atom. The molecule has 22 heavy (non-hydrogen) atoms. The number of ether oxygens (including phenoxy) is 1. The lowest BCUT2D eigenvalue weighted by molar-refractivity contribution is -0.139. The van der Waals surface area contributed by atoms with Gasteiger partial charge < -0.3 is 15.2 Å². The average Bonchev–Trinajstić information content (AvgIpc) is 2.48. The van der Waals surface area contributed by atoms with Gasteiger partial charge in [0, 0.05) is 26.2 Å². The van der Waals surface area contributed by atoms with E-state index in [4.69, 9.17) is 4.74 Å². The van der Waals surface area contributed by atoms with Crippen LogP contribution in [0.4, 0.5) is 13.2 Å². The van der Waals surface area contributed by atoms with E-state index in [0.717, 1.165) is 6.07 Å². The number of hydrogen-bond acceptors (Lipinski definition) is 4. The Bertz CT molecular complexity index is 480. The number of nitrogens with zero attached hydrogens (tertiary/aromatic N) is 1. The number of hydrogen-bond donors (Lipinski definition) is 2. The van der Waals surface area contributed by atoms with Crippen molar-refractivity contribution in [1.82, 2.24) is 10.2 Å². The minimum Gasteiger partial charge on any atom is -0.497 e. The molecule has 1 saturated heterocycles. The Balaban J connectivity index is 0.00000242. The van der Waals surface area contributed by atoms with Crippen molar-refractivity contribution in [3.63, 3.8) is 0 Å². The zero-order valence-electron chi connectivity index (χ0n) is 12.2. The lowest BCUT2D eigenvalue weighted by Crippen LogP contribution is -2.46. The van der Waals surface area contributed by atoms with Gasteiger partial charge in [-0.1, -0.05) is 6.07 Å². The number of aliphatic hydroxyl groups excluding tert-OH is 1. The molecule has 0 aliphatic carbocycles. The molecule has 0 bridgehead atoms. The lowest BCUT2D eigenvalue weighted by atomic mass is 9.98. The molecule has 4 nitrogen and oxygen atoms in total. The molecule has 0 aromatic heterocycles. The molecule has 1 aromatic carbocycles. The molecule has 1 aromatic rings. The van der Waals surface area contributed by atoms with Gasteiger partial charge in [-0.05, 0) is 17.7 Å². The molecular formula is C14H20ClF3N2O2. The number of benzene rings is 1. The van der Waals surface area contributed by atoms with Crippen molar-refractivity contribution in [2.75, 3.05) is 39.9 Å². The third kappa shape index (κ3) is 4.25. The number of rotatable bonds is 4. The van der Waals surface area contributed by atoms with Gasteiger partial charge in [0.15, 0.2) is 0 Å². The molecule has 1 aliphatic heterocycles. The summed E-state index contributed by atoms with van der Waals surface area (Å²) >= 11 is 0. The SMILES string of the molecule is COc1ccc([C@@H](CO)N2CCNCC2)c(C(F)(F)F)c1.Cl. The Morgan fingerprint density at radius 2 is 1.95 bits per heavy atom. The fourth-order valence-electron chi connectivity index (χ4n) is 2.60. The Labute approximate surface area is 133 Å². The summed E-state index contributed by atoms with van der Waals surface area (Å²) in [5, 5.41) is 12.7. The summed E-state index contributed by atoms with van der Waals surface area (Å²) in [5.41, 5.74) is -0.660. The van der Waals surface area contributed by atoms with Crippen LogP contribution < -0.4 is 10.1 Å². The fraction of sp³-hybridized carbons (Fsp3) is 0.571. The average molecular weight is 341 g/mol. The van der Waals surface area contributed by atoms with E-state index in [1.165, 1.54) is 19.2 Å². The van der Waals surface area contributed by atoms with Crippen molar-refractivity contribution in [1.29, 1.82) is 0 Å². The molecule has 1 atom stereocenters. The monoisotopic (exact) mass is 340 g/mol. The van der Waals surface area contributed by atoms with E-state index >= 15 is 0 Å². The van der Waals surface area contributed by atoms with Gasteiger partial charge in [-0.15, -0.1) is 12.4 Å². The summed E-state index contributed by atoms with van der Waals surface area (Å²) in [7, 11) is 1.33. The van der Waals surface area contributed by atoms with Gasteiger partial charge in [-0.3, -0.25) is 4.90 Å². The molecule has 8 heteroatoms. The van der Waals surface area contributed by atoms with Crippen LogP contribution in [0.5, 0.6) is 5.75 Å². The molecule has 0 radical (unpaired) electrons. The first kappa shape index (κ1) is 19.0. The molecule has 0 amide bonds. The van der Waals surface area contributed by atoms with E-state index < -0.39 is 17.8 Å². The highest BCUT2D eigenvalue weighted by Crippen LogP contribution is 2.38. The molecule has 0 saturated carbocycles. The summed E-state index contributed by atoms with van der Waals surface area (Å²) in [4.78, 5) is 1.87. The maximum atomic E-state index is 13.3. The van der Waals surface area contributed by atoms with Crippen molar-refractivity contribution in [3.05, 3.63) is 29.3 Å². The second-order valence-electron chi connectivity index (χ2n) is 4.94. The predicted octanol–water partition coefficient (Wildman–Crippen LogP) is 2.07. The molecular weight excluding hydrogens is 321 g/mol. The second kappa shape index (κ2) is 8.01. The van der Waals surface area contributed by atoms with Crippen LogP contribution >= 0.6 is 12.4 Å². The molecule has 0 spiro atoms. The van der Waals surface area contributed by atoms with E-state index in [2.05, 4.69) is 5.32 Å². The summed E-state index contributed by atoms with van der Waals surface area (Å²) in [5.74, 6) is 0.156. The quantitative estimate of drug-likeness (QED) is 0.881. The Kier molecular flexibility index (Phi) is 6.93. The highest BCUT2D eigenvalue weighted by atomic mass is 35.5. The fourth-order valence-corrected chi connectivity index (χ4v) is 2.60. The van der Waals surface area contributed by atoms with Crippen molar-refractivity contribution in [2.45, 2.75) is 12.2 Å². The zero-order valence-corrected chi connectivity index (χ0v) is 13.0. The maximum absolute atomic E-state index is 13.3. The predicted molar refractivity (Wildman–Crippen MR) is 79.5 cm³/mol. The first-order chi connectivity index (χ1) is 9.97. The van der Waals surface area contributed by atoms with Gasteiger partial charge in [0.1, 0.15) is 5.75 Å². The zero-order chi connectivity index (χ0) is 15.5. The summed E-state index contributed by atoms with van der Waals surface area (Å²) < 4.78 is 44.7. The molecule has 1 heterocycles. The van der Waals surface area contributed by atoms with Gasteiger partial charge in [-0.25, -0.2) is 0 Å². The minimum absolute atomic E-state index is 0.